The lowest BCUT2D eigenvalue weighted by molar-refractivity contribution is -0.245. The number of carbonyl (C=O) groups excluding carboxylic acids is 1. The van der Waals surface area contributed by atoms with Crippen LogP contribution in [0.25, 0.3) is 33.7 Å². The van der Waals surface area contributed by atoms with Gasteiger partial charge in [-0.3, -0.25) is 9.59 Å². The normalized spacial score (nSPS) is 16.7. The Morgan fingerprint density at radius 3 is 2.11 bits per heavy atom. The highest BCUT2D eigenvalue weighted by atomic mass is 32.2. The van der Waals surface area contributed by atoms with E-state index in [1.165, 1.54) is 11.8 Å². The molecule has 9 nitrogen and oxygen atoms in total. The van der Waals surface area contributed by atoms with Crippen molar-refractivity contribution in [2.75, 3.05) is 5.75 Å². The lowest BCUT2D eigenvalue weighted by atomic mass is 9.97. The molecule has 6 aromatic rings. The standard InChI is InChI=1S/C46H44N2O7S/c49-29-31-19-21-33(22-20-31)40-27-38(30-56-46-48-43(34-11-3-1-4-12-34)44(55-46)35-13-5-2-6-14-35)53-45(54-40)36-25-23-32(24-26-36)39-16-8-7-15-37(39)28-47-41(50)17-9-10-18-42(51)52/h1-8,11-16,19-26,38,40,45,49H,9-10,17-18,27-30H2,(H,47,50)(H,51,52)/t38-,40+,45+/m0/s1. The van der Waals surface area contributed by atoms with Gasteiger partial charge in [-0.2, -0.15) is 0 Å². The Morgan fingerprint density at radius 2 is 1.39 bits per heavy atom. The van der Waals surface area contributed by atoms with Crippen molar-refractivity contribution < 1.29 is 33.7 Å². The highest BCUT2D eigenvalue weighted by Crippen LogP contribution is 2.41. The summed E-state index contributed by atoms with van der Waals surface area (Å²) >= 11 is 1.52. The number of hydrogen-bond acceptors (Lipinski definition) is 8. The van der Waals surface area contributed by atoms with Crippen LogP contribution in [0.2, 0.25) is 0 Å². The average Bonchev–Trinajstić information content (AvgIpc) is 3.69. The van der Waals surface area contributed by atoms with Gasteiger partial charge in [0, 0.05) is 48.3 Å². The number of carbonyl (C=O) groups is 2. The Kier molecular flexibility index (Phi) is 13.1. The van der Waals surface area contributed by atoms with Crippen LogP contribution in [0.1, 0.15) is 66.8 Å². The van der Waals surface area contributed by atoms with Gasteiger partial charge >= 0.3 is 5.97 Å². The van der Waals surface area contributed by atoms with Crippen LogP contribution in [0.15, 0.2) is 143 Å². The molecule has 1 fully saturated rings. The zero-order valence-corrected chi connectivity index (χ0v) is 31.7. The molecule has 0 bridgehead atoms. The molecule has 0 saturated carbocycles. The Labute approximate surface area is 330 Å². The number of unbranched alkanes of at least 4 members (excludes halogenated alkanes) is 1. The monoisotopic (exact) mass is 768 g/mol. The highest BCUT2D eigenvalue weighted by molar-refractivity contribution is 7.99. The fourth-order valence-electron chi connectivity index (χ4n) is 6.75. The minimum absolute atomic E-state index is 0.0284. The number of nitrogens with zero attached hydrogens (tertiary/aromatic N) is 1. The molecular weight excluding hydrogens is 725 g/mol. The van der Waals surface area contributed by atoms with Gasteiger partial charge in [0.25, 0.3) is 5.22 Å². The number of carboxylic acid groups (broad SMARTS) is 1. The quantitative estimate of drug-likeness (QED) is 0.0651. The summed E-state index contributed by atoms with van der Waals surface area (Å²) in [5, 5.41) is 22.0. The maximum Gasteiger partial charge on any atom is 0.303 e. The van der Waals surface area contributed by atoms with E-state index in [1.54, 1.807) is 0 Å². The number of hydrogen-bond donors (Lipinski definition) is 3. The molecule has 56 heavy (non-hydrogen) atoms. The van der Waals surface area contributed by atoms with Crippen molar-refractivity contribution in [3.8, 4) is 33.7 Å². The molecule has 5 aromatic carbocycles. The number of aliphatic carboxylic acids is 1. The molecule has 7 rings (SSSR count). The van der Waals surface area contributed by atoms with Gasteiger partial charge < -0.3 is 29.4 Å². The van der Waals surface area contributed by atoms with E-state index >= 15 is 0 Å². The summed E-state index contributed by atoms with van der Waals surface area (Å²) in [4.78, 5) is 28.2. The molecule has 0 unspecified atom stereocenters. The first kappa shape index (κ1) is 38.7. The molecule has 0 spiro atoms. The first-order chi connectivity index (χ1) is 27.4. The van der Waals surface area contributed by atoms with Gasteiger partial charge in [0.2, 0.25) is 5.91 Å². The summed E-state index contributed by atoms with van der Waals surface area (Å²) in [6.07, 6.45) is 0.913. The smallest absolute Gasteiger partial charge is 0.303 e. The third kappa shape index (κ3) is 10.0. The van der Waals surface area contributed by atoms with Crippen molar-refractivity contribution in [1.29, 1.82) is 0 Å². The molecular formula is C46H44N2O7S. The topological polar surface area (TPSA) is 131 Å². The molecule has 1 aliphatic heterocycles. The number of aliphatic hydroxyl groups is 1. The van der Waals surface area contributed by atoms with E-state index in [0.717, 1.165) is 56.0 Å². The highest BCUT2D eigenvalue weighted by Gasteiger charge is 2.33. The van der Waals surface area contributed by atoms with E-state index in [1.807, 2.05) is 133 Å². The van der Waals surface area contributed by atoms with Crippen molar-refractivity contribution in [1.82, 2.24) is 10.3 Å². The van der Waals surface area contributed by atoms with E-state index in [2.05, 4.69) is 5.32 Å². The lowest BCUT2D eigenvalue weighted by Crippen LogP contribution is -2.31. The number of carboxylic acids is 1. The van der Waals surface area contributed by atoms with Crippen LogP contribution < -0.4 is 5.32 Å². The van der Waals surface area contributed by atoms with Crippen LogP contribution in [0.4, 0.5) is 0 Å². The number of nitrogens with one attached hydrogen (secondary N) is 1. The van der Waals surface area contributed by atoms with Crippen molar-refractivity contribution >= 4 is 23.6 Å². The summed E-state index contributed by atoms with van der Waals surface area (Å²) in [5.41, 5.74) is 8.43. The SMILES string of the molecule is O=C(O)CCCCC(=O)NCc1ccccc1-c1ccc([C@@H]2O[C@H](CSc3nc(-c4ccccc4)c(-c4ccccc4)o3)C[C@H](c3ccc(CO)cc3)O2)cc1. The van der Waals surface area contributed by atoms with Crippen molar-refractivity contribution in [2.24, 2.45) is 0 Å². The number of ether oxygens (including phenoxy) is 2. The van der Waals surface area contributed by atoms with Crippen molar-refractivity contribution in [3.63, 3.8) is 0 Å². The summed E-state index contributed by atoms with van der Waals surface area (Å²) in [5.74, 6) is 0.364. The largest absolute Gasteiger partial charge is 0.481 e. The maximum absolute atomic E-state index is 12.5. The fourth-order valence-corrected chi connectivity index (χ4v) is 7.59. The van der Waals surface area contributed by atoms with Crippen LogP contribution >= 0.6 is 11.8 Å². The van der Waals surface area contributed by atoms with Crippen LogP contribution in [-0.2, 0) is 32.2 Å². The Balaban J connectivity index is 1.07. The fraction of sp³-hybridized carbons (Fsp3) is 0.239. The van der Waals surface area contributed by atoms with Gasteiger partial charge in [0.05, 0.1) is 18.8 Å². The Morgan fingerprint density at radius 1 is 0.732 bits per heavy atom. The van der Waals surface area contributed by atoms with E-state index in [9.17, 15) is 14.7 Å². The Bertz CT molecular complexity index is 2130. The average molecular weight is 769 g/mol. The lowest BCUT2D eigenvalue weighted by Gasteiger charge is -2.36. The minimum atomic E-state index is -0.850. The molecule has 3 N–H and O–H groups in total. The second-order valence-corrected chi connectivity index (χ2v) is 14.7. The van der Waals surface area contributed by atoms with E-state index in [-0.39, 0.29) is 31.1 Å². The third-order valence-corrected chi connectivity index (χ3v) is 10.7. The summed E-state index contributed by atoms with van der Waals surface area (Å²) in [6.45, 7) is 0.337. The van der Waals surface area contributed by atoms with Crippen LogP contribution in [0.3, 0.4) is 0 Å². The number of rotatable bonds is 16. The molecule has 1 saturated heterocycles. The number of oxazole rings is 1. The molecule has 2 heterocycles. The number of benzene rings is 5. The predicted molar refractivity (Wildman–Crippen MR) is 216 cm³/mol. The van der Waals surface area contributed by atoms with Gasteiger partial charge in [-0.15, -0.1) is 0 Å². The van der Waals surface area contributed by atoms with E-state index in [0.29, 0.717) is 43.2 Å². The van der Waals surface area contributed by atoms with Gasteiger partial charge in [-0.05, 0) is 40.7 Å². The van der Waals surface area contributed by atoms with Crippen molar-refractivity contribution in [3.05, 3.63) is 156 Å². The second kappa shape index (κ2) is 18.9. The zero-order valence-electron chi connectivity index (χ0n) is 30.9. The number of thioether (sulfide) groups is 1. The molecule has 286 valence electrons. The Hall–Kier alpha value is -5.52. The molecule has 1 aliphatic rings. The predicted octanol–water partition coefficient (Wildman–Crippen LogP) is 9.77. The van der Waals surface area contributed by atoms with Gasteiger partial charge in [0.15, 0.2) is 12.1 Å². The van der Waals surface area contributed by atoms with Gasteiger partial charge in [0.1, 0.15) is 5.69 Å². The van der Waals surface area contributed by atoms with Crippen LogP contribution in [-0.4, -0.2) is 38.9 Å². The summed E-state index contributed by atoms with van der Waals surface area (Å²) in [6, 6.07) is 44.0. The summed E-state index contributed by atoms with van der Waals surface area (Å²) in [7, 11) is 0. The molecule has 0 aliphatic carbocycles. The van der Waals surface area contributed by atoms with Crippen molar-refractivity contribution in [2.45, 2.75) is 69.0 Å². The zero-order chi connectivity index (χ0) is 38.7. The van der Waals surface area contributed by atoms with E-state index < -0.39 is 12.3 Å². The van der Waals surface area contributed by atoms with Gasteiger partial charge in [-0.25, -0.2) is 4.98 Å². The van der Waals surface area contributed by atoms with Crippen LogP contribution in [0, 0.1) is 0 Å². The summed E-state index contributed by atoms with van der Waals surface area (Å²) < 4.78 is 19.7. The molecule has 1 aromatic heterocycles. The van der Waals surface area contributed by atoms with Crippen LogP contribution in [0.5, 0.6) is 0 Å². The molecule has 0 radical (unpaired) electrons. The number of aromatic nitrogens is 1. The molecule has 10 heteroatoms. The minimum Gasteiger partial charge on any atom is -0.481 e. The number of amides is 1. The third-order valence-electron chi connectivity index (χ3n) is 9.73. The first-order valence-electron chi connectivity index (χ1n) is 18.9. The first-order valence-corrected chi connectivity index (χ1v) is 19.8. The second-order valence-electron chi connectivity index (χ2n) is 13.7. The van der Waals surface area contributed by atoms with Gasteiger partial charge in [-0.1, -0.05) is 145 Å². The number of aliphatic hydroxyl groups excluding tert-OH is 1. The van der Waals surface area contributed by atoms with E-state index in [4.69, 9.17) is 24.0 Å². The molecule has 3 atom stereocenters. The molecule has 1 amide bonds. The maximum atomic E-state index is 12.5.